The largest absolute Gasteiger partial charge is 0.497 e. The van der Waals surface area contributed by atoms with Gasteiger partial charge in [-0.1, -0.05) is 18.2 Å². The first-order chi connectivity index (χ1) is 12.7. The fourth-order valence-electron chi connectivity index (χ4n) is 3.10. The highest BCUT2D eigenvalue weighted by Gasteiger charge is 2.20. The number of guanidine groups is 1. The molecule has 2 aromatic carbocycles. The Bertz CT molecular complexity index is 740. The quantitative estimate of drug-likeness (QED) is 0.676. The Labute approximate surface area is 154 Å². The third-order valence-electron chi connectivity index (χ3n) is 4.57. The van der Waals surface area contributed by atoms with Crippen LogP contribution < -0.4 is 15.0 Å². The van der Waals surface area contributed by atoms with Crippen molar-refractivity contribution in [1.82, 2.24) is 10.2 Å². The van der Waals surface area contributed by atoms with E-state index in [9.17, 15) is 4.39 Å². The average Bonchev–Trinajstić information content (AvgIpc) is 2.70. The number of nitrogens with zero attached hydrogens (tertiary/aromatic N) is 3. The van der Waals surface area contributed by atoms with Crippen LogP contribution in [-0.4, -0.2) is 51.2 Å². The number of ether oxygens (including phenoxy) is 1. The molecule has 0 saturated carbocycles. The number of piperazine rings is 1. The van der Waals surface area contributed by atoms with Gasteiger partial charge >= 0.3 is 0 Å². The highest BCUT2D eigenvalue weighted by molar-refractivity contribution is 5.80. The van der Waals surface area contributed by atoms with Crippen LogP contribution in [0.1, 0.15) is 5.56 Å². The van der Waals surface area contributed by atoms with Crippen LogP contribution in [-0.2, 0) is 6.54 Å². The summed E-state index contributed by atoms with van der Waals surface area (Å²) in [5.74, 6) is 1.54. The van der Waals surface area contributed by atoms with Crippen LogP contribution in [0.25, 0.3) is 0 Å². The molecule has 0 spiro atoms. The van der Waals surface area contributed by atoms with Gasteiger partial charge in [0.15, 0.2) is 5.96 Å². The lowest BCUT2D eigenvalue weighted by Gasteiger charge is -2.37. The van der Waals surface area contributed by atoms with Gasteiger partial charge in [-0.15, -0.1) is 0 Å². The van der Waals surface area contributed by atoms with Crippen molar-refractivity contribution in [2.45, 2.75) is 6.54 Å². The van der Waals surface area contributed by atoms with Gasteiger partial charge in [-0.05, 0) is 29.8 Å². The molecule has 26 heavy (non-hydrogen) atoms. The Morgan fingerprint density at radius 2 is 1.85 bits per heavy atom. The zero-order valence-electron chi connectivity index (χ0n) is 15.3. The summed E-state index contributed by atoms with van der Waals surface area (Å²) in [7, 11) is 3.48. The Morgan fingerprint density at radius 3 is 2.50 bits per heavy atom. The summed E-state index contributed by atoms with van der Waals surface area (Å²) in [6, 6.07) is 14.7. The number of hydrogen-bond acceptors (Lipinski definition) is 3. The fourth-order valence-corrected chi connectivity index (χ4v) is 3.10. The number of nitrogens with one attached hydrogen (secondary N) is 1. The van der Waals surface area contributed by atoms with E-state index in [0.717, 1.165) is 43.5 Å². The second-order valence-electron chi connectivity index (χ2n) is 6.20. The lowest BCUT2D eigenvalue weighted by atomic mass is 10.2. The van der Waals surface area contributed by atoms with Crippen LogP contribution in [0.2, 0.25) is 0 Å². The van der Waals surface area contributed by atoms with Crippen LogP contribution in [0.3, 0.4) is 0 Å². The molecule has 1 fully saturated rings. The first-order valence-corrected chi connectivity index (χ1v) is 8.78. The summed E-state index contributed by atoms with van der Waals surface area (Å²) in [5.41, 5.74) is 2.21. The molecule has 0 atom stereocenters. The van der Waals surface area contributed by atoms with Crippen molar-refractivity contribution in [3.05, 3.63) is 59.9 Å². The highest BCUT2D eigenvalue weighted by atomic mass is 19.1. The molecule has 1 aliphatic rings. The second-order valence-corrected chi connectivity index (χ2v) is 6.20. The van der Waals surface area contributed by atoms with Crippen LogP contribution in [0.4, 0.5) is 10.1 Å². The second kappa shape index (κ2) is 8.56. The van der Waals surface area contributed by atoms with Gasteiger partial charge in [0.2, 0.25) is 0 Å². The minimum atomic E-state index is -0.216. The molecule has 5 nitrogen and oxygen atoms in total. The van der Waals surface area contributed by atoms with E-state index < -0.39 is 0 Å². The number of rotatable bonds is 4. The van der Waals surface area contributed by atoms with Gasteiger partial charge in [-0.3, -0.25) is 4.99 Å². The van der Waals surface area contributed by atoms with E-state index in [1.165, 1.54) is 17.8 Å². The van der Waals surface area contributed by atoms with Crippen molar-refractivity contribution in [2.24, 2.45) is 4.99 Å². The number of methoxy groups -OCH3 is 1. The first kappa shape index (κ1) is 18.0. The molecular weight excluding hydrogens is 331 g/mol. The van der Waals surface area contributed by atoms with Crippen molar-refractivity contribution >= 4 is 11.6 Å². The predicted molar refractivity (Wildman–Crippen MR) is 103 cm³/mol. The topological polar surface area (TPSA) is 40.1 Å². The zero-order valence-corrected chi connectivity index (χ0v) is 15.3. The molecule has 0 amide bonds. The molecule has 0 aromatic heterocycles. The monoisotopic (exact) mass is 356 g/mol. The molecule has 6 heteroatoms. The van der Waals surface area contributed by atoms with Gasteiger partial charge in [-0.25, -0.2) is 4.39 Å². The average molecular weight is 356 g/mol. The molecule has 0 unspecified atom stereocenters. The molecule has 2 aromatic rings. The Kier molecular flexibility index (Phi) is 5.94. The smallest absolute Gasteiger partial charge is 0.194 e. The fraction of sp³-hybridized carbons (Fsp3) is 0.350. The maximum Gasteiger partial charge on any atom is 0.194 e. The molecular formula is C20H25FN4O. The molecule has 1 saturated heterocycles. The molecule has 1 heterocycles. The molecule has 0 bridgehead atoms. The minimum absolute atomic E-state index is 0.216. The van der Waals surface area contributed by atoms with Gasteiger partial charge in [0.1, 0.15) is 11.6 Å². The number of halogens is 1. The predicted octanol–water partition coefficient (Wildman–Crippen LogP) is 2.73. The van der Waals surface area contributed by atoms with Crippen molar-refractivity contribution in [3.63, 3.8) is 0 Å². The number of aliphatic imine (C=N–C) groups is 1. The van der Waals surface area contributed by atoms with Gasteiger partial charge in [0.05, 0.1) is 7.11 Å². The van der Waals surface area contributed by atoms with Gasteiger partial charge in [-0.2, -0.15) is 0 Å². The molecule has 1 N–H and O–H groups in total. The Balaban J connectivity index is 1.54. The van der Waals surface area contributed by atoms with Crippen molar-refractivity contribution in [2.75, 3.05) is 45.2 Å². The third-order valence-corrected chi connectivity index (χ3v) is 4.57. The Morgan fingerprint density at radius 1 is 1.12 bits per heavy atom. The summed E-state index contributed by atoms with van der Waals surface area (Å²) in [4.78, 5) is 8.99. The van der Waals surface area contributed by atoms with Crippen molar-refractivity contribution < 1.29 is 9.13 Å². The van der Waals surface area contributed by atoms with Crippen molar-refractivity contribution in [1.29, 1.82) is 0 Å². The summed E-state index contributed by atoms with van der Waals surface area (Å²) in [5, 5.41) is 3.36. The highest BCUT2D eigenvalue weighted by Crippen LogP contribution is 2.22. The Hall–Kier alpha value is -2.76. The minimum Gasteiger partial charge on any atom is -0.497 e. The van der Waals surface area contributed by atoms with Gasteiger partial charge < -0.3 is 19.9 Å². The lowest BCUT2D eigenvalue weighted by molar-refractivity contribution is 0.372. The van der Waals surface area contributed by atoms with Crippen LogP contribution in [0, 0.1) is 5.82 Å². The molecule has 0 radical (unpaired) electrons. The zero-order chi connectivity index (χ0) is 18.4. The summed E-state index contributed by atoms with van der Waals surface area (Å²) in [6.07, 6.45) is 0. The number of hydrogen-bond donors (Lipinski definition) is 1. The van der Waals surface area contributed by atoms with Crippen LogP contribution in [0.15, 0.2) is 53.5 Å². The van der Waals surface area contributed by atoms with Gasteiger partial charge in [0.25, 0.3) is 0 Å². The molecule has 0 aliphatic carbocycles. The van der Waals surface area contributed by atoms with E-state index in [1.54, 1.807) is 26.3 Å². The summed E-state index contributed by atoms with van der Waals surface area (Å²) >= 11 is 0. The maximum atomic E-state index is 13.0. The summed E-state index contributed by atoms with van der Waals surface area (Å²) in [6.45, 7) is 4.25. The third kappa shape index (κ3) is 4.45. The SMILES string of the molecule is CN=C(NCc1ccc(F)cc1)N1CCN(c2cccc(OC)c2)CC1. The van der Waals surface area contributed by atoms with E-state index >= 15 is 0 Å². The van der Waals surface area contributed by atoms with Crippen molar-refractivity contribution in [3.8, 4) is 5.75 Å². The van der Waals surface area contributed by atoms with E-state index in [0.29, 0.717) is 6.54 Å². The normalized spacial score (nSPS) is 15.1. The number of anilines is 1. The maximum absolute atomic E-state index is 13.0. The standard InChI is InChI=1S/C20H25FN4O/c1-22-20(23-15-16-6-8-17(21)9-7-16)25-12-10-24(11-13-25)18-4-3-5-19(14-18)26-2/h3-9,14H,10-13,15H2,1-2H3,(H,22,23). The first-order valence-electron chi connectivity index (χ1n) is 8.78. The lowest BCUT2D eigenvalue weighted by Crippen LogP contribution is -2.52. The van der Waals surface area contributed by atoms with E-state index in [4.69, 9.17) is 4.74 Å². The summed E-state index contributed by atoms with van der Waals surface area (Å²) < 4.78 is 18.3. The number of benzene rings is 2. The molecule has 1 aliphatic heterocycles. The van der Waals surface area contributed by atoms with E-state index in [-0.39, 0.29) is 5.82 Å². The van der Waals surface area contributed by atoms with Crippen LogP contribution in [0.5, 0.6) is 5.75 Å². The van der Waals surface area contributed by atoms with E-state index in [2.05, 4.69) is 32.2 Å². The molecule has 138 valence electrons. The van der Waals surface area contributed by atoms with Crippen LogP contribution >= 0.6 is 0 Å². The van der Waals surface area contributed by atoms with E-state index in [1.807, 2.05) is 12.1 Å². The van der Waals surface area contributed by atoms with Gasteiger partial charge in [0, 0.05) is 51.5 Å². The molecule has 3 rings (SSSR count).